The molecule has 1 aromatic carbocycles. The van der Waals surface area contributed by atoms with Gasteiger partial charge in [0.1, 0.15) is 12.4 Å². The minimum absolute atomic E-state index is 0.0842. The Balaban J connectivity index is 1.56. The third-order valence-corrected chi connectivity index (χ3v) is 6.56. The molecule has 2 saturated heterocycles. The number of rotatable bonds is 5. The molecule has 10 nitrogen and oxygen atoms in total. The van der Waals surface area contributed by atoms with Crippen LogP contribution >= 0.6 is 0 Å². The number of nitrogens with two attached hydrogens (primary N) is 1. The van der Waals surface area contributed by atoms with Crippen LogP contribution in [0.3, 0.4) is 0 Å². The van der Waals surface area contributed by atoms with Gasteiger partial charge in [0.05, 0.1) is 23.4 Å². The van der Waals surface area contributed by atoms with E-state index >= 15 is 0 Å². The van der Waals surface area contributed by atoms with E-state index in [0.29, 0.717) is 17.9 Å². The first-order valence-corrected chi connectivity index (χ1v) is 9.91. The lowest BCUT2D eigenvalue weighted by Crippen LogP contribution is -2.55. The number of benzene rings is 1. The number of carbonyl (C=O) groups excluding carboxylic acids is 3. The molecule has 1 aliphatic carbocycles. The summed E-state index contributed by atoms with van der Waals surface area (Å²) in [5.74, 6) is -1.24. The molecule has 1 amide bonds. The quantitative estimate of drug-likeness (QED) is 0.294. The summed E-state index contributed by atoms with van der Waals surface area (Å²) in [5.41, 5.74) is 5.71. The zero-order chi connectivity index (χ0) is 22.1. The molecule has 31 heavy (non-hydrogen) atoms. The van der Waals surface area contributed by atoms with Crippen molar-refractivity contribution in [1.82, 2.24) is 10.2 Å². The van der Waals surface area contributed by atoms with Gasteiger partial charge >= 0.3 is 6.09 Å². The van der Waals surface area contributed by atoms with E-state index in [1.165, 1.54) is 19.2 Å². The molecular formula is C21H22N4O6. The summed E-state index contributed by atoms with van der Waals surface area (Å²) in [4.78, 5) is 40.2. The monoisotopic (exact) mass is 426 g/mol. The van der Waals surface area contributed by atoms with Crippen molar-refractivity contribution in [3.8, 4) is 5.75 Å². The van der Waals surface area contributed by atoms with Crippen molar-refractivity contribution in [1.29, 1.82) is 0 Å². The molecule has 3 aliphatic heterocycles. The fraction of sp³-hybridized carbons (Fsp3) is 0.381. The topological polar surface area (TPSA) is 153 Å². The van der Waals surface area contributed by atoms with E-state index in [-0.39, 0.29) is 52.8 Å². The van der Waals surface area contributed by atoms with Crippen molar-refractivity contribution in [3.63, 3.8) is 0 Å². The summed E-state index contributed by atoms with van der Waals surface area (Å²) >= 11 is 0. The molecule has 2 unspecified atom stereocenters. The summed E-state index contributed by atoms with van der Waals surface area (Å²) in [5, 5.41) is 15.8. The lowest BCUT2D eigenvalue weighted by molar-refractivity contribution is -0.137. The van der Waals surface area contributed by atoms with Crippen LogP contribution in [-0.2, 0) is 19.1 Å². The maximum absolute atomic E-state index is 13.6. The van der Waals surface area contributed by atoms with Crippen molar-refractivity contribution in [2.75, 3.05) is 25.6 Å². The van der Waals surface area contributed by atoms with Crippen molar-refractivity contribution < 1.29 is 29.0 Å². The van der Waals surface area contributed by atoms with Crippen LogP contribution in [0.15, 0.2) is 46.8 Å². The lowest BCUT2D eigenvalue weighted by atomic mass is 9.82. The van der Waals surface area contributed by atoms with E-state index in [9.17, 15) is 19.5 Å². The summed E-state index contributed by atoms with van der Waals surface area (Å²) < 4.78 is 11.0. The summed E-state index contributed by atoms with van der Waals surface area (Å²) in [6.45, 7) is 1.93. The van der Waals surface area contributed by atoms with Crippen LogP contribution in [-0.4, -0.2) is 65.7 Å². The molecule has 162 valence electrons. The van der Waals surface area contributed by atoms with Gasteiger partial charge in [-0.3, -0.25) is 9.59 Å². The molecule has 2 fully saturated rings. The Labute approximate surface area is 177 Å². The Morgan fingerprint density at radius 2 is 2.03 bits per heavy atom. The van der Waals surface area contributed by atoms with Gasteiger partial charge < -0.3 is 35.8 Å². The number of methoxy groups -OCH3 is 1. The number of nitrogens with zero attached hydrogens (tertiary/aromatic N) is 1. The molecular weight excluding hydrogens is 404 g/mol. The van der Waals surface area contributed by atoms with Crippen LogP contribution in [0.2, 0.25) is 0 Å². The van der Waals surface area contributed by atoms with Gasteiger partial charge in [0.25, 0.3) is 0 Å². The smallest absolute Gasteiger partial charge is 0.404 e. The van der Waals surface area contributed by atoms with Gasteiger partial charge in [0.15, 0.2) is 5.72 Å². The van der Waals surface area contributed by atoms with Gasteiger partial charge in [-0.15, -0.1) is 0 Å². The van der Waals surface area contributed by atoms with Crippen LogP contribution in [0.1, 0.15) is 6.92 Å². The van der Waals surface area contributed by atoms with Crippen molar-refractivity contribution in [2.24, 2.45) is 11.7 Å². The number of primary amides is 1. The van der Waals surface area contributed by atoms with E-state index in [0.717, 1.165) is 0 Å². The summed E-state index contributed by atoms with van der Waals surface area (Å²) in [6, 6.07) is 6.20. The Morgan fingerprint density at radius 3 is 2.68 bits per heavy atom. The number of piperazine rings is 1. The SMILES string of the molecule is CO[C@]12C3NC3CN1C1=C(C(=O)C(Nc3ccc(O)cc3)=C(C)C1=O)[C@H]2COC(N)=O. The van der Waals surface area contributed by atoms with Gasteiger partial charge in [-0.05, 0) is 31.2 Å². The number of hydrogen-bond donors (Lipinski definition) is 4. The van der Waals surface area contributed by atoms with Gasteiger partial charge in [-0.25, -0.2) is 4.79 Å². The average Bonchev–Trinajstić information content (AvgIpc) is 3.35. The van der Waals surface area contributed by atoms with E-state index in [2.05, 4.69) is 10.6 Å². The predicted molar refractivity (Wildman–Crippen MR) is 108 cm³/mol. The molecule has 0 radical (unpaired) electrons. The Bertz CT molecular complexity index is 1080. The molecule has 0 bridgehead atoms. The number of fused-ring (bicyclic) bond motifs is 4. The normalized spacial score (nSPS) is 30.9. The first-order valence-electron chi connectivity index (χ1n) is 9.91. The van der Waals surface area contributed by atoms with Crippen LogP contribution in [0.5, 0.6) is 5.75 Å². The van der Waals surface area contributed by atoms with Crippen LogP contribution in [0, 0.1) is 5.92 Å². The molecule has 4 atom stereocenters. The Kier molecular flexibility index (Phi) is 4.15. The van der Waals surface area contributed by atoms with Gasteiger partial charge in [-0.1, -0.05) is 0 Å². The number of anilines is 1. The zero-order valence-corrected chi connectivity index (χ0v) is 17.0. The predicted octanol–water partition coefficient (Wildman–Crippen LogP) is 0.208. The van der Waals surface area contributed by atoms with Crippen LogP contribution in [0.25, 0.3) is 0 Å². The van der Waals surface area contributed by atoms with Gasteiger partial charge in [0, 0.05) is 36.5 Å². The largest absolute Gasteiger partial charge is 0.508 e. The number of hydrogen-bond acceptors (Lipinski definition) is 9. The molecule has 5 N–H and O–H groups in total. The number of phenolic OH excluding ortho intramolecular Hbond substituents is 1. The standard InChI is InChI=1S/C21H22N4O6/c1-9-15(23-10-3-5-11(26)6-4-10)18(28)14-12(8-31-20(22)29)21(30-2)19-13(24-19)7-25(21)16(14)17(9)27/h3-6,12-13,19,23-24,26H,7-8H2,1-2H3,(H2,22,29)/t12-,13?,19?,21-/m1/s1. The highest BCUT2D eigenvalue weighted by Crippen LogP contribution is 2.55. The maximum Gasteiger partial charge on any atom is 0.404 e. The number of nitrogens with one attached hydrogen (secondary N) is 2. The van der Waals surface area contributed by atoms with E-state index in [1.54, 1.807) is 19.1 Å². The molecule has 4 aliphatic rings. The number of ketones is 2. The first-order chi connectivity index (χ1) is 14.8. The highest BCUT2D eigenvalue weighted by atomic mass is 16.6. The fourth-order valence-electron chi connectivity index (χ4n) is 5.13. The van der Waals surface area contributed by atoms with E-state index in [1.807, 2.05) is 4.90 Å². The third kappa shape index (κ3) is 2.61. The molecule has 0 aromatic heterocycles. The molecule has 10 heteroatoms. The first kappa shape index (κ1) is 19.6. The van der Waals surface area contributed by atoms with Crippen LogP contribution < -0.4 is 16.4 Å². The number of allylic oxidation sites excluding steroid dienone is 2. The molecule has 0 spiro atoms. The van der Waals surface area contributed by atoms with E-state index in [4.69, 9.17) is 15.2 Å². The fourth-order valence-corrected chi connectivity index (χ4v) is 5.13. The molecule has 0 saturated carbocycles. The second-order valence-corrected chi connectivity index (χ2v) is 8.09. The minimum atomic E-state index is -1.01. The highest BCUT2D eigenvalue weighted by Gasteiger charge is 2.72. The summed E-state index contributed by atoms with van der Waals surface area (Å²) in [6.07, 6.45) is -0.964. The number of Topliss-reactive ketones (excluding diaryl/α,β-unsaturated/α-hetero) is 2. The second kappa shape index (κ2) is 6.56. The highest BCUT2D eigenvalue weighted by molar-refractivity contribution is 6.26. The van der Waals surface area contributed by atoms with Crippen molar-refractivity contribution in [3.05, 3.63) is 46.8 Å². The Hall–Kier alpha value is -3.37. The number of aromatic hydroxyl groups is 1. The molecule has 3 heterocycles. The second-order valence-electron chi connectivity index (χ2n) is 8.09. The van der Waals surface area contributed by atoms with E-state index < -0.39 is 17.7 Å². The average molecular weight is 426 g/mol. The van der Waals surface area contributed by atoms with Gasteiger partial charge in [-0.2, -0.15) is 0 Å². The summed E-state index contributed by atoms with van der Waals surface area (Å²) in [7, 11) is 1.52. The zero-order valence-electron chi connectivity index (χ0n) is 17.0. The third-order valence-electron chi connectivity index (χ3n) is 6.56. The van der Waals surface area contributed by atoms with Gasteiger partial charge in [0.2, 0.25) is 11.6 Å². The minimum Gasteiger partial charge on any atom is -0.508 e. The maximum atomic E-state index is 13.6. The number of ether oxygens (including phenoxy) is 2. The lowest BCUT2D eigenvalue weighted by Gasteiger charge is -2.39. The molecule has 1 aromatic rings. The number of phenols is 1. The van der Waals surface area contributed by atoms with Crippen molar-refractivity contribution in [2.45, 2.75) is 24.7 Å². The molecule has 5 rings (SSSR count). The van der Waals surface area contributed by atoms with Crippen LogP contribution in [0.4, 0.5) is 10.5 Å². The number of carbonyl (C=O) groups is 3. The Morgan fingerprint density at radius 1 is 1.32 bits per heavy atom. The number of amides is 1. The van der Waals surface area contributed by atoms with Crippen molar-refractivity contribution >= 4 is 23.3 Å².